The van der Waals surface area contributed by atoms with Crippen LogP contribution in [0.3, 0.4) is 0 Å². The molecule has 0 N–H and O–H groups in total. The van der Waals surface area contributed by atoms with Crippen molar-refractivity contribution in [3.8, 4) is 11.5 Å². The smallest absolute Gasteiger partial charge is 0.162 e. The highest BCUT2D eigenvalue weighted by Gasteiger charge is 2.36. The Morgan fingerprint density at radius 3 is 2.55 bits per heavy atom. The van der Waals surface area contributed by atoms with Gasteiger partial charge in [0.05, 0.1) is 5.69 Å². The second-order valence-corrected chi connectivity index (χ2v) is 5.38. The van der Waals surface area contributed by atoms with Crippen LogP contribution >= 0.6 is 0 Å². The SMILES string of the molecule is c1ccc(N2CN3c4ccccc4Oc4ccnc2c43)cc1. The van der Waals surface area contributed by atoms with E-state index in [1.54, 1.807) is 0 Å². The zero-order valence-electron chi connectivity index (χ0n) is 11.8. The van der Waals surface area contributed by atoms with E-state index in [1.807, 2.05) is 48.7 Å². The topological polar surface area (TPSA) is 28.6 Å². The van der Waals surface area contributed by atoms with Crippen LogP contribution in [0, 0.1) is 0 Å². The molecule has 4 heteroatoms. The number of fused-ring (bicyclic) bond motifs is 2. The number of ether oxygens (including phenoxy) is 1. The molecule has 5 rings (SSSR count). The van der Waals surface area contributed by atoms with Gasteiger partial charge >= 0.3 is 0 Å². The number of aromatic nitrogens is 1. The molecule has 106 valence electrons. The molecular weight excluding hydrogens is 274 g/mol. The van der Waals surface area contributed by atoms with Crippen molar-refractivity contribution in [2.24, 2.45) is 0 Å². The van der Waals surface area contributed by atoms with Crippen molar-refractivity contribution < 1.29 is 4.74 Å². The van der Waals surface area contributed by atoms with Crippen LogP contribution in [0.25, 0.3) is 0 Å². The van der Waals surface area contributed by atoms with Gasteiger partial charge in [0.1, 0.15) is 12.4 Å². The Bertz CT molecular complexity index is 863. The van der Waals surface area contributed by atoms with Crippen LogP contribution in [0.4, 0.5) is 22.9 Å². The van der Waals surface area contributed by atoms with Crippen LogP contribution in [0.2, 0.25) is 0 Å². The first-order chi connectivity index (χ1) is 10.9. The van der Waals surface area contributed by atoms with Gasteiger partial charge in [-0.05, 0) is 24.3 Å². The molecule has 3 heterocycles. The van der Waals surface area contributed by atoms with E-state index in [4.69, 9.17) is 4.74 Å². The third-order valence-electron chi connectivity index (χ3n) is 4.12. The van der Waals surface area contributed by atoms with E-state index >= 15 is 0 Å². The number of para-hydroxylation sites is 3. The number of anilines is 4. The summed E-state index contributed by atoms with van der Waals surface area (Å²) in [6, 6.07) is 20.4. The highest BCUT2D eigenvalue weighted by atomic mass is 16.5. The molecule has 0 saturated carbocycles. The van der Waals surface area contributed by atoms with Gasteiger partial charge in [-0.15, -0.1) is 0 Å². The van der Waals surface area contributed by atoms with Gasteiger partial charge < -0.3 is 14.5 Å². The van der Waals surface area contributed by atoms with E-state index in [2.05, 4.69) is 33.0 Å². The van der Waals surface area contributed by atoms with Crippen LogP contribution < -0.4 is 14.5 Å². The fourth-order valence-corrected chi connectivity index (χ4v) is 3.13. The second kappa shape index (κ2) is 4.24. The van der Waals surface area contributed by atoms with Crippen LogP contribution in [0.15, 0.2) is 66.9 Å². The van der Waals surface area contributed by atoms with Gasteiger partial charge in [0.2, 0.25) is 0 Å². The zero-order valence-corrected chi connectivity index (χ0v) is 11.8. The van der Waals surface area contributed by atoms with Crippen molar-refractivity contribution in [3.05, 3.63) is 66.9 Å². The van der Waals surface area contributed by atoms with Crippen molar-refractivity contribution in [2.75, 3.05) is 16.5 Å². The molecule has 0 bridgehead atoms. The van der Waals surface area contributed by atoms with E-state index in [0.717, 1.165) is 41.0 Å². The van der Waals surface area contributed by atoms with Crippen molar-refractivity contribution in [1.29, 1.82) is 0 Å². The van der Waals surface area contributed by atoms with Crippen molar-refractivity contribution in [3.63, 3.8) is 0 Å². The Morgan fingerprint density at radius 2 is 1.64 bits per heavy atom. The fraction of sp³-hybridized carbons (Fsp3) is 0.0556. The molecule has 3 aromatic rings. The lowest BCUT2D eigenvalue weighted by molar-refractivity contribution is 0.475. The first kappa shape index (κ1) is 11.6. The van der Waals surface area contributed by atoms with E-state index in [1.165, 1.54) is 0 Å². The average molecular weight is 287 g/mol. The summed E-state index contributed by atoms with van der Waals surface area (Å²) in [6.07, 6.45) is 1.81. The number of hydrogen-bond donors (Lipinski definition) is 0. The van der Waals surface area contributed by atoms with Gasteiger partial charge in [-0.2, -0.15) is 0 Å². The van der Waals surface area contributed by atoms with Gasteiger partial charge in [0.25, 0.3) is 0 Å². The minimum absolute atomic E-state index is 0.740. The van der Waals surface area contributed by atoms with Crippen molar-refractivity contribution in [2.45, 2.75) is 0 Å². The Balaban J connectivity index is 1.71. The number of pyridine rings is 1. The first-order valence-corrected chi connectivity index (χ1v) is 7.28. The molecule has 2 aliphatic rings. The number of benzene rings is 2. The molecule has 22 heavy (non-hydrogen) atoms. The largest absolute Gasteiger partial charge is 0.453 e. The molecule has 4 nitrogen and oxygen atoms in total. The first-order valence-electron chi connectivity index (χ1n) is 7.28. The summed E-state index contributed by atoms with van der Waals surface area (Å²) in [5.74, 6) is 2.70. The van der Waals surface area contributed by atoms with Gasteiger partial charge in [-0.1, -0.05) is 30.3 Å². The van der Waals surface area contributed by atoms with E-state index in [-0.39, 0.29) is 0 Å². The monoisotopic (exact) mass is 287 g/mol. The van der Waals surface area contributed by atoms with Gasteiger partial charge in [-0.3, -0.25) is 0 Å². The summed E-state index contributed by atoms with van der Waals surface area (Å²) in [5.41, 5.74) is 3.27. The quantitative estimate of drug-likeness (QED) is 0.662. The van der Waals surface area contributed by atoms with Crippen LogP contribution in [0.5, 0.6) is 11.5 Å². The molecule has 0 saturated heterocycles. The Morgan fingerprint density at radius 1 is 0.818 bits per heavy atom. The second-order valence-electron chi connectivity index (χ2n) is 5.38. The maximum Gasteiger partial charge on any atom is 0.162 e. The standard InChI is InChI=1S/C18H13N3O/c1-2-6-13(7-3-1)20-12-21-14-8-4-5-9-15(14)22-16-10-11-19-18(20)17(16)21/h1-11H,12H2. The summed E-state index contributed by atoms with van der Waals surface area (Å²) in [5, 5.41) is 0. The lowest BCUT2D eigenvalue weighted by Crippen LogP contribution is -2.25. The molecule has 0 unspecified atom stereocenters. The summed E-state index contributed by atoms with van der Waals surface area (Å²) in [6.45, 7) is 0.740. The molecule has 0 spiro atoms. The Hall–Kier alpha value is -3.01. The molecule has 0 amide bonds. The molecule has 0 radical (unpaired) electrons. The van der Waals surface area contributed by atoms with Crippen molar-refractivity contribution in [1.82, 2.24) is 4.98 Å². The highest BCUT2D eigenvalue weighted by Crippen LogP contribution is 2.54. The summed E-state index contributed by atoms with van der Waals surface area (Å²) >= 11 is 0. The van der Waals surface area contributed by atoms with E-state index < -0.39 is 0 Å². The van der Waals surface area contributed by atoms with Gasteiger partial charge in [-0.25, -0.2) is 4.98 Å². The van der Waals surface area contributed by atoms with Crippen LogP contribution in [0.1, 0.15) is 0 Å². The normalized spacial score (nSPS) is 14.4. The zero-order chi connectivity index (χ0) is 14.5. The lowest BCUT2D eigenvalue weighted by atomic mass is 10.2. The molecule has 2 aliphatic heterocycles. The van der Waals surface area contributed by atoms with Crippen LogP contribution in [-0.4, -0.2) is 11.7 Å². The molecule has 1 aromatic heterocycles. The van der Waals surface area contributed by atoms with E-state index in [9.17, 15) is 0 Å². The predicted molar refractivity (Wildman–Crippen MR) is 86.3 cm³/mol. The molecule has 0 aliphatic carbocycles. The van der Waals surface area contributed by atoms with Gasteiger partial charge in [0, 0.05) is 18.0 Å². The number of hydrogen-bond acceptors (Lipinski definition) is 4. The minimum atomic E-state index is 0.740. The Kier molecular flexibility index (Phi) is 2.24. The Labute approximate surface area is 128 Å². The van der Waals surface area contributed by atoms with Crippen LogP contribution in [-0.2, 0) is 0 Å². The molecule has 0 atom stereocenters. The number of nitrogens with zero attached hydrogens (tertiary/aromatic N) is 3. The number of rotatable bonds is 1. The molecular formula is C18H13N3O. The van der Waals surface area contributed by atoms with E-state index in [0.29, 0.717) is 0 Å². The fourth-order valence-electron chi connectivity index (χ4n) is 3.13. The maximum atomic E-state index is 6.04. The lowest BCUT2D eigenvalue weighted by Gasteiger charge is -2.28. The third kappa shape index (κ3) is 1.49. The summed E-state index contributed by atoms with van der Waals surface area (Å²) < 4.78 is 6.04. The highest BCUT2D eigenvalue weighted by molar-refractivity contribution is 5.91. The maximum absolute atomic E-state index is 6.04. The predicted octanol–water partition coefficient (Wildman–Crippen LogP) is 4.43. The summed E-state index contributed by atoms with van der Waals surface area (Å²) in [7, 11) is 0. The van der Waals surface area contributed by atoms with Gasteiger partial charge in [0.15, 0.2) is 17.3 Å². The minimum Gasteiger partial charge on any atom is -0.453 e. The van der Waals surface area contributed by atoms with Crippen molar-refractivity contribution >= 4 is 22.9 Å². The molecule has 2 aromatic carbocycles. The third-order valence-corrected chi connectivity index (χ3v) is 4.12. The summed E-state index contributed by atoms with van der Waals surface area (Å²) in [4.78, 5) is 9.07. The average Bonchev–Trinajstić information content (AvgIpc) is 2.98. The molecule has 0 fully saturated rings.